The third-order valence-corrected chi connectivity index (χ3v) is 13.5. The van der Waals surface area contributed by atoms with Gasteiger partial charge in [-0.25, -0.2) is 0 Å². The quantitative estimate of drug-likeness (QED) is 0.179. The molecule has 2 bridgehead atoms. The number of nitrogens with one attached hydrogen (secondary N) is 2. The summed E-state index contributed by atoms with van der Waals surface area (Å²) in [5.74, 6) is -2.41. The minimum Gasteiger partial charge on any atom is -0.379 e. The Bertz CT molecular complexity index is 1450. The number of hydrogen-bond acceptors (Lipinski definition) is 8. The first-order chi connectivity index (χ1) is 25.6. The van der Waals surface area contributed by atoms with Crippen LogP contribution in [-0.4, -0.2) is 126 Å². The summed E-state index contributed by atoms with van der Waals surface area (Å²) in [5, 5.41) is 5.89. The Morgan fingerprint density at radius 3 is 2.26 bits per heavy atom. The molecule has 54 heavy (non-hydrogen) atoms. The van der Waals surface area contributed by atoms with Gasteiger partial charge in [-0.05, 0) is 62.5 Å². The van der Waals surface area contributed by atoms with Crippen molar-refractivity contribution in [3.05, 3.63) is 35.9 Å². The monoisotopic (exact) mass is 775 g/mol. The molecule has 4 amide bonds. The predicted octanol–water partition coefficient (Wildman–Crippen LogP) is 3.68. The highest BCUT2D eigenvalue weighted by Crippen LogP contribution is 2.41. The molecule has 304 valence electrons. The minimum absolute atomic E-state index is 0.0108. The van der Waals surface area contributed by atoms with Gasteiger partial charge < -0.3 is 34.8 Å². The number of benzene rings is 1. The maximum atomic E-state index is 14.3. The summed E-state index contributed by atoms with van der Waals surface area (Å²) in [4.78, 5) is 71.3. The van der Waals surface area contributed by atoms with Gasteiger partial charge in [0, 0.05) is 40.3 Å². The Morgan fingerprint density at radius 1 is 1.02 bits per heavy atom. The lowest BCUT2D eigenvalue weighted by Gasteiger charge is -2.41. The van der Waals surface area contributed by atoms with Crippen molar-refractivity contribution in [3.8, 4) is 0 Å². The molecule has 8 unspecified atom stereocenters. The molecule has 0 radical (unpaired) electrons. The van der Waals surface area contributed by atoms with Crippen molar-refractivity contribution in [1.82, 2.24) is 25.3 Å². The Balaban J connectivity index is 1.46. The van der Waals surface area contributed by atoms with Crippen LogP contribution >= 0.6 is 8.03 Å². The molecule has 2 saturated heterocycles. The number of carbonyl (C=O) groups is 4. The van der Waals surface area contributed by atoms with Gasteiger partial charge in [0.25, 0.3) is 0 Å². The minimum atomic E-state index is -3.10. The molecular formula is C40H66N5O8P. The van der Waals surface area contributed by atoms with Crippen LogP contribution in [0.25, 0.3) is 0 Å². The fourth-order valence-corrected chi connectivity index (χ4v) is 9.91. The fraction of sp³-hybridized carbons (Fsp3) is 0.750. The number of ether oxygens (including phenoxy) is 2. The lowest BCUT2D eigenvalue weighted by atomic mass is 9.89. The van der Waals surface area contributed by atoms with Crippen LogP contribution in [0.1, 0.15) is 85.1 Å². The van der Waals surface area contributed by atoms with E-state index in [1.165, 1.54) is 7.11 Å². The molecule has 3 N–H and O–H groups in total. The van der Waals surface area contributed by atoms with E-state index in [1.54, 1.807) is 30.9 Å². The topological polar surface area (TPSA) is 158 Å². The number of methoxy groups -OCH3 is 2. The van der Waals surface area contributed by atoms with E-state index in [0.717, 1.165) is 37.7 Å². The first-order valence-electron chi connectivity index (χ1n) is 19.9. The molecule has 1 aliphatic carbocycles. The van der Waals surface area contributed by atoms with E-state index in [2.05, 4.69) is 15.5 Å². The average Bonchev–Trinajstić information content (AvgIpc) is 3.90. The molecule has 12 atom stereocenters. The van der Waals surface area contributed by atoms with Gasteiger partial charge >= 0.3 is 0 Å². The Morgan fingerprint density at radius 2 is 1.70 bits per heavy atom. The van der Waals surface area contributed by atoms with Gasteiger partial charge in [-0.1, -0.05) is 71.4 Å². The zero-order chi connectivity index (χ0) is 39.9. The highest BCUT2D eigenvalue weighted by atomic mass is 31.1. The van der Waals surface area contributed by atoms with Crippen LogP contribution in [0, 0.1) is 23.7 Å². The molecule has 1 aromatic rings. The van der Waals surface area contributed by atoms with Gasteiger partial charge in [0.2, 0.25) is 31.7 Å². The lowest BCUT2D eigenvalue weighted by molar-refractivity contribution is -0.148. The summed E-state index contributed by atoms with van der Waals surface area (Å²) < 4.78 is 24.2. The SMILES string of the molecule is CCC(C)C(C(CC(=O)N1CCC[C@H]1C(OC)C(C)C(=O)NC(Cc1ccccc1)[PH](=O)O)OC)N(C)C(=O)C(NC(=O)[C@@H]1[C@H]2CC[C@H](C2)N1C)C(C)C. The molecule has 2 heterocycles. The molecule has 2 aliphatic heterocycles. The second kappa shape index (κ2) is 19.9. The normalized spacial score (nSPS) is 25.7. The van der Waals surface area contributed by atoms with Gasteiger partial charge in [-0.15, -0.1) is 0 Å². The van der Waals surface area contributed by atoms with Crippen LogP contribution in [-0.2, 0) is 39.6 Å². The smallest absolute Gasteiger partial charge is 0.245 e. The zero-order valence-electron chi connectivity index (χ0n) is 33.8. The standard InChI is InChI=1S/C40H66N5O8P/c1-10-25(4)35(44(7)40(49)34(24(2)3)42-39(48)36-28-18-19-29(22-28)43(36)6)31(52-8)23-33(46)45-20-14-17-30(45)37(53-9)26(5)38(47)41-32(54(50)51)21-27-15-12-11-13-16-27/h11-13,15-16,24-26,28-32,34-37,54H,10,14,17-23H2,1-9H3,(H,41,47)(H,42,48)(H,50,51)/t25?,26?,28-,29+,30-,31?,32?,34?,35?,36-,37?/m0/s1. The largest absolute Gasteiger partial charge is 0.379 e. The Labute approximate surface area is 323 Å². The van der Waals surface area contributed by atoms with Crippen LogP contribution < -0.4 is 10.6 Å². The predicted molar refractivity (Wildman–Crippen MR) is 209 cm³/mol. The number of nitrogens with zero attached hydrogens (tertiary/aromatic N) is 3. The summed E-state index contributed by atoms with van der Waals surface area (Å²) in [6, 6.07) is 7.84. The summed E-state index contributed by atoms with van der Waals surface area (Å²) in [7, 11) is 3.73. The first-order valence-corrected chi connectivity index (χ1v) is 21.3. The van der Waals surface area contributed by atoms with E-state index >= 15 is 0 Å². The summed E-state index contributed by atoms with van der Waals surface area (Å²) in [5.41, 5.74) is 0.836. The number of hydrogen-bond donors (Lipinski definition) is 3. The lowest BCUT2D eigenvalue weighted by Crippen LogP contribution is -2.60. The highest BCUT2D eigenvalue weighted by molar-refractivity contribution is 7.38. The summed E-state index contributed by atoms with van der Waals surface area (Å²) >= 11 is 0. The van der Waals surface area contributed by atoms with Crippen molar-refractivity contribution >= 4 is 31.7 Å². The van der Waals surface area contributed by atoms with E-state index in [4.69, 9.17) is 9.47 Å². The molecule has 1 aromatic carbocycles. The van der Waals surface area contributed by atoms with Gasteiger partial charge in [0.15, 0.2) is 0 Å². The number of likely N-dealkylation sites (tertiary alicyclic amines) is 2. The van der Waals surface area contributed by atoms with Crippen LogP contribution in [0.4, 0.5) is 0 Å². The molecule has 4 rings (SSSR count). The maximum absolute atomic E-state index is 14.3. The molecule has 14 heteroatoms. The number of carbonyl (C=O) groups excluding carboxylic acids is 4. The van der Waals surface area contributed by atoms with Crippen LogP contribution in [0.3, 0.4) is 0 Å². The Hall–Kier alpha value is -2.83. The van der Waals surface area contributed by atoms with Crippen molar-refractivity contribution in [2.75, 3.05) is 34.9 Å². The molecule has 1 saturated carbocycles. The average molecular weight is 776 g/mol. The molecular weight excluding hydrogens is 709 g/mol. The number of rotatable bonds is 19. The number of piperidine rings is 1. The van der Waals surface area contributed by atoms with Gasteiger partial charge in [0.1, 0.15) is 11.8 Å². The fourth-order valence-electron chi connectivity index (χ4n) is 9.24. The number of amides is 4. The second-order valence-corrected chi connectivity index (χ2v) is 17.6. The first kappa shape index (κ1) is 43.9. The Kier molecular flexibility index (Phi) is 16.1. The third kappa shape index (κ3) is 10.1. The van der Waals surface area contributed by atoms with E-state index in [9.17, 15) is 28.6 Å². The molecule has 3 fully saturated rings. The summed E-state index contributed by atoms with van der Waals surface area (Å²) in [6.45, 7) is 10.2. The van der Waals surface area contributed by atoms with Crippen LogP contribution in [0.15, 0.2) is 30.3 Å². The number of fused-ring (bicyclic) bond motifs is 2. The second-order valence-electron chi connectivity index (χ2n) is 16.2. The van der Waals surface area contributed by atoms with Crippen molar-refractivity contribution in [2.24, 2.45) is 23.7 Å². The number of likely N-dealkylation sites (N-methyl/N-ethyl adjacent to an activating group) is 2. The van der Waals surface area contributed by atoms with Gasteiger partial charge in [-0.2, -0.15) is 0 Å². The zero-order valence-corrected chi connectivity index (χ0v) is 34.8. The molecule has 13 nitrogen and oxygen atoms in total. The van der Waals surface area contributed by atoms with Crippen molar-refractivity contribution < 1.29 is 38.1 Å². The summed E-state index contributed by atoms with van der Waals surface area (Å²) in [6.07, 6.45) is 4.19. The molecule has 3 aliphatic rings. The highest BCUT2D eigenvalue weighted by Gasteiger charge is 2.49. The maximum Gasteiger partial charge on any atom is 0.245 e. The van der Waals surface area contributed by atoms with Crippen LogP contribution in [0.2, 0.25) is 0 Å². The van der Waals surface area contributed by atoms with E-state index in [-0.39, 0.29) is 48.4 Å². The van der Waals surface area contributed by atoms with Gasteiger partial charge in [-0.3, -0.25) is 28.6 Å². The van der Waals surface area contributed by atoms with Crippen molar-refractivity contribution in [2.45, 2.75) is 134 Å². The van der Waals surface area contributed by atoms with Gasteiger partial charge in [0.05, 0.1) is 42.7 Å². The molecule has 0 spiro atoms. The van der Waals surface area contributed by atoms with E-state index in [1.807, 2.05) is 65.1 Å². The van der Waals surface area contributed by atoms with E-state index < -0.39 is 56.0 Å². The van der Waals surface area contributed by atoms with Crippen molar-refractivity contribution in [3.63, 3.8) is 0 Å². The van der Waals surface area contributed by atoms with E-state index in [0.29, 0.717) is 24.9 Å². The van der Waals surface area contributed by atoms with Crippen molar-refractivity contribution in [1.29, 1.82) is 0 Å². The third-order valence-electron chi connectivity index (χ3n) is 12.6. The molecule has 0 aromatic heterocycles. The van der Waals surface area contributed by atoms with Crippen LogP contribution in [0.5, 0.6) is 0 Å².